The topological polar surface area (TPSA) is 58.9 Å². The van der Waals surface area contributed by atoms with Crippen molar-refractivity contribution in [3.63, 3.8) is 0 Å². The number of aryl methyl sites for hydroxylation is 1. The van der Waals surface area contributed by atoms with Crippen LogP contribution >= 0.6 is 11.3 Å². The first-order chi connectivity index (χ1) is 12.6. The Morgan fingerprint density at radius 2 is 1.92 bits per heavy atom. The number of nitrogens with one attached hydrogen (secondary N) is 1. The summed E-state index contributed by atoms with van der Waals surface area (Å²) in [5, 5.41) is 14.5. The molecule has 0 aliphatic heterocycles. The van der Waals surface area contributed by atoms with Crippen molar-refractivity contribution in [3.05, 3.63) is 92.2 Å². The molecule has 0 aliphatic carbocycles. The zero-order chi connectivity index (χ0) is 18.1. The molecule has 4 aromatic rings. The van der Waals surface area contributed by atoms with Crippen molar-refractivity contribution in [2.75, 3.05) is 6.54 Å². The predicted molar refractivity (Wildman–Crippen MR) is 106 cm³/mol. The lowest BCUT2D eigenvalue weighted by Gasteiger charge is -2.14. The number of thiophene rings is 1. The summed E-state index contributed by atoms with van der Waals surface area (Å²) in [6.45, 7) is 1.92. The van der Waals surface area contributed by atoms with E-state index in [2.05, 4.69) is 23.2 Å². The first kappa shape index (κ1) is 16.5. The highest BCUT2D eigenvalue weighted by Gasteiger charge is 2.28. The molecular weight excluding hydrogens is 344 g/mol. The molecule has 1 atom stereocenters. The van der Waals surface area contributed by atoms with E-state index >= 15 is 0 Å². The highest BCUT2D eigenvalue weighted by atomic mass is 32.1. The van der Waals surface area contributed by atoms with Gasteiger partial charge in [0.2, 0.25) is 6.54 Å². The maximum atomic E-state index is 11.5. The van der Waals surface area contributed by atoms with Crippen LogP contribution in [0.25, 0.3) is 22.2 Å². The van der Waals surface area contributed by atoms with Gasteiger partial charge in [-0.1, -0.05) is 48.0 Å². The van der Waals surface area contributed by atoms with E-state index in [1.807, 2.05) is 54.8 Å². The molecule has 0 fully saturated rings. The molecule has 130 valence electrons. The highest BCUT2D eigenvalue weighted by Crippen LogP contribution is 2.40. The summed E-state index contributed by atoms with van der Waals surface area (Å²) in [6, 6.07) is 20.2. The van der Waals surface area contributed by atoms with Crippen molar-refractivity contribution in [2.45, 2.75) is 12.8 Å². The molecule has 2 aromatic heterocycles. The number of benzene rings is 2. The fraction of sp³-hybridized carbons (Fsp3) is 0.143. The Bertz CT molecular complexity index is 1050. The molecule has 2 aromatic carbocycles. The molecule has 0 spiro atoms. The number of rotatable bonds is 5. The lowest BCUT2D eigenvalue weighted by atomic mass is 9.91. The van der Waals surface area contributed by atoms with Crippen LogP contribution in [0.3, 0.4) is 0 Å². The van der Waals surface area contributed by atoms with Crippen molar-refractivity contribution in [2.24, 2.45) is 0 Å². The van der Waals surface area contributed by atoms with Gasteiger partial charge in [-0.15, -0.1) is 11.3 Å². The number of hydrogen-bond donors (Lipinski definition) is 1. The molecule has 2 heterocycles. The molecule has 0 saturated carbocycles. The van der Waals surface area contributed by atoms with Crippen molar-refractivity contribution >= 4 is 22.2 Å². The van der Waals surface area contributed by atoms with Gasteiger partial charge in [0.1, 0.15) is 0 Å². The third-order valence-corrected chi connectivity index (χ3v) is 5.61. The zero-order valence-electron chi connectivity index (χ0n) is 14.3. The monoisotopic (exact) mass is 362 g/mol. The normalized spacial score (nSPS) is 12.3. The van der Waals surface area contributed by atoms with Gasteiger partial charge in [-0.2, -0.15) is 0 Å². The highest BCUT2D eigenvalue weighted by molar-refractivity contribution is 7.10. The van der Waals surface area contributed by atoms with E-state index < -0.39 is 0 Å². The van der Waals surface area contributed by atoms with E-state index in [0.717, 1.165) is 38.2 Å². The van der Waals surface area contributed by atoms with Crippen LogP contribution in [0.1, 0.15) is 21.9 Å². The van der Waals surface area contributed by atoms with Gasteiger partial charge in [-0.3, -0.25) is 10.1 Å². The molecule has 5 heteroatoms. The summed E-state index contributed by atoms with van der Waals surface area (Å²) >= 11 is 1.57. The number of hydrogen-bond acceptors (Lipinski definition) is 3. The molecule has 0 radical (unpaired) electrons. The van der Waals surface area contributed by atoms with Gasteiger partial charge >= 0.3 is 0 Å². The fourth-order valence-corrected chi connectivity index (χ4v) is 4.31. The number of H-pyrrole nitrogens is 1. The Balaban J connectivity index is 2.01. The molecule has 0 saturated heterocycles. The Hall–Kier alpha value is -2.92. The molecule has 0 amide bonds. The first-order valence-corrected chi connectivity index (χ1v) is 9.34. The summed E-state index contributed by atoms with van der Waals surface area (Å²) < 4.78 is 0. The minimum absolute atomic E-state index is 0.124. The smallest absolute Gasteiger partial charge is 0.215 e. The molecule has 4 nitrogen and oxygen atoms in total. The van der Waals surface area contributed by atoms with Crippen molar-refractivity contribution in [1.82, 2.24) is 4.98 Å². The van der Waals surface area contributed by atoms with Crippen LogP contribution < -0.4 is 0 Å². The van der Waals surface area contributed by atoms with Crippen LogP contribution in [0, 0.1) is 17.0 Å². The number of aromatic amines is 1. The van der Waals surface area contributed by atoms with E-state index in [0.29, 0.717) is 0 Å². The van der Waals surface area contributed by atoms with Gasteiger partial charge in [0.15, 0.2) is 0 Å². The largest absolute Gasteiger partial charge is 0.354 e. The average molecular weight is 362 g/mol. The van der Waals surface area contributed by atoms with Crippen molar-refractivity contribution in [1.29, 1.82) is 0 Å². The lowest BCUT2D eigenvalue weighted by Crippen LogP contribution is -2.13. The summed E-state index contributed by atoms with van der Waals surface area (Å²) in [4.78, 5) is 15.8. The van der Waals surface area contributed by atoms with E-state index in [4.69, 9.17) is 0 Å². The van der Waals surface area contributed by atoms with Gasteiger partial charge in [-0.25, -0.2) is 0 Å². The van der Waals surface area contributed by atoms with Crippen LogP contribution in [0.15, 0.2) is 66.0 Å². The maximum Gasteiger partial charge on any atom is 0.215 e. The Morgan fingerprint density at radius 1 is 1.12 bits per heavy atom. The second kappa shape index (κ2) is 6.77. The second-order valence-corrected chi connectivity index (χ2v) is 7.39. The van der Waals surface area contributed by atoms with E-state index in [1.165, 1.54) is 0 Å². The minimum atomic E-state index is -0.282. The lowest BCUT2D eigenvalue weighted by molar-refractivity contribution is -0.481. The van der Waals surface area contributed by atoms with Crippen molar-refractivity contribution in [3.8, 4) is 11.3 Å². The zero-order valence-corrected chi connectivity index (χ0v) is 15.1. The molecule has 1 N–H and O–H groups in total. The Labute approximate surface area is 155 Å². The molecule has 1 unspecified atom stereocenters. The van der Waals surface area contributed by atoms with Crippen molar-refractivity contribution < 1.29 is 4.92 Å². The van der Waals surface area contributed by atoms with Gasteiger partial charge in [-0.05, 0) is 36.1 Å². The minimum Gasteiger partial charge on any atom is -0.354 e. The van der Waals surface area contributed by atoms with Crippen LogP contribution in [-0.4, -0.2) is 16.5 Å². The second-order valence-electron chi connectivity index (χ2n) is 6.41. The van der Waals surface area contributed by atoms with Crippen LogP contribution in [0.4, 0.5) is 0 Å². The number of nitrogens with zero attached hydrogens (tertiary/aromatic N) is 1. The molecule has 26 heavy (non-hydrogen) atoms. The number of nitro groups is 1. The standard InChI is InChI=1S/C21H18N2O2S/c1-14-9-10-18-16(12-14)20(21(22-18)15-6-3-2-4-7-15)17(13-23(24)25)19-8-5-11-26-19/h2-12,17,22H,13H2,1H3. The summed E-state index contributed by atoms with van der Waals surface area (Å²) in [6.07, 6.45) is 0. The maximum absolute atomic E-state index is 11.5. The Morgan fingerprint density at radius 3 is 2.62 bits per heavy atom. The van der Waals surface area contributed by atoms with Gasteiger partial charge < -0.3 is 4.98 Å². The molecule has 0 aliphatic rings. The van der Waals surface area contributed by atoms with E-state index in [1.54, 1.807) is 11.3 Å². The summed E-state index contributed by atoms with van der Waals surface area (Å²) in [5.41, 5.74) is 5.17. The van der Waals surface area contributed by atoms with Crippen LogP contribution in [0.5, 0.6) is 0 Å². The quantitative estimate of drug-likeness (QED) is 0.370. The third-order valence-electron chi connectivity index (χ3n) is 4.62. The summed E-state index contributed by atoms with van der Waals surface area (Å²) in [5.74, 6) is -0.282. The molecule has 4 rings (SSSR count). The van der Waals surface area contributed by atoms with Crippen LogP contribution in [0.2, 0.25) is 0 Å². The van der Waals surface area contributed by atoms with E-state index in [9.17, 15) is 10.1 Å². The fourth-order valence-electron chi connectivity index (χ4n) is 3.48. The number of aromatic nitrogens is 1. The third kappa shape index (κ3) is 3.02. The number of fused-ring (bicyclic) bond motifs is 1. The molecule has 0 bridgehead atoms. The van der Waals surface area contributed by atoms with Gasteiger partial charge in [0.25, 0.3) is 0 Å². The first-order valence-electron chi connectivity index (χ1n) is 8.46. The SMILES string of the molecule is Cc1ccc2[nH]c(-c3ccccc3)c(C(C[N+](=O)[O-])c3cccs3)c2c1. The van der Waals surface area contributed by atoms with Gasteiger partial charge in [0.05, 0.1) is 11.6 Å². The van der Waals surface area contributed by atoms with Crippen LogP contribution in [-0.2, 0) is 0 Å². The van der Waals surface area contributed by atoms with Gasteiger partial charge in [0, 0.05) is 26.3 Å². The summed E-state index contributed by atoms with van der Waals surface area (Å²) in [7, 11) is 0. The average Bonchev–Trinajstić information content (AvgIpc) is 3.28. The molecular formula is C21H18N2O2S. The predicted octanol–water partition coefficient (Wildman–Crippen LogP) is 5.61. The van der Waals surface area contributed by atoms with E-state index in [-0.39, 0.29) is 17.4 Å². The Kier molecular flexibility index (Phi) is 4.31.